The zero-order valence-electron chi connectivity index (χ0n) is 16.5. The Hall–Kier alpha value is -3.55. The lowest BCUT2D eigenvalue weighted by atomic mass is 9.92. The van der Waals surface area contributed by atoms with Crippen molar-refractivity contribution in [2.45, 2.75) is 19.0 Å². The van der Waals surface area contributed by atoms with E-state index in [9.17, 15) is 14.4 Å². The number of urea groups is 1. The normalized spacial score (nSPS) is 18.4. The molecule has 0 aliphatic carbocycles. The van der Waals surface area contributed by atoms with E-state index in [2.05, 4.69) is 10.6 Å². The van der Waals surface area contributed by atoms with Crippen molar-refractivity contribution in [3.8, 4) is 11.5 Å². The Morgan fingerprint density at radius 3 is 2.41 bits per heavy atom. The third-order valence-electron chi connectivity index (χ3n) is 4.85. The molecule has 1 atom stereocenters. The molecular weight excluding hydrogens is 374 g/mol. The Morgan fingerprint density at radius 1 is 1.07 bits per heavy atom. The largest absolute Gasteiger partial charge is 0.497 e. The number of hydrogen-bond donors (Lipinski definition) is 2. The van der Waals surface area contributed by atoms with Crippen molar-refractivity contribution in [2.24, 2.45) is 0 Å². The molecule has 8 nitrogen and oxygen atoms in total. The Kier molecular flexibility index (Phi) is 5.72. The Morgan fingerprint density at radius 2 is 1.72 bits per heavy atom. The number of nitrogens with zero attached hydrogens (tertiary/aromatic N) is 1. The van der Waals surface area contributed by atoms with Crippen LogP contribution in [0.25, 0.3) is 0 Å². The molecule has 0 bridgehead atoms. The van der Waals surface area contributed by atoms with Gasteiger partial charge in [-0.25, -0.2) is 4.79 Å². The molecule has 2 aromatic carbocycles. The summed E-state index contributed by atoms with van der Waals surface area (Å²) < 4.78 is 10.3. The minimum atomic E-state index is -1.27. The number of amides is 4. The summed E-state index contributed by atoms with van der Waals surface area (Å²) in [4.78, 5) is 38.6. The summed E-state index contributed by atoms with van der Waals surface area (Å²) in [6.45, 7) is 1.50. The minimum Gasteiger partial charge on any atom is -0.497 e. The van der Waals surface area contributed by atoms with Gasteiger partial charge in [0.1, 0.15) is 23.6 Å². The summed E-state index contributed by atoms with van der Waals surface area (Å²) in [7, 11) is 3.09. The first kappa shape index (κ1) is 20.2. The number of benzene rings is 2. The molecule has 3 rings (SSSR count). The molecule has 0 aromatic heterocycles. The predicted molar refractivity (Wildman–Crippen MR) is 105 cm³/mol. The standard InChI is InChI=1S/C21H23N3O5/c1-21(15-7-5-9-17(11-15)29-3)19(26)24(20(27)23-21)13-18(25)22-12-14-6-4-8-16(10-14)28-2/h4-11H,12-13H2,1-3H3,(H,22,25)(H,23,27)/t21-/m1/s1. The Labute approximate surface area is 168 Å². The summed E-state index contributed by atoms with van der Waals surface area (Å²) >= 11 is 0. The van der Waals surface area contributed by atoms with E-state index in [-0.39, 0.29) is 13.1 Å². The molecule has 2 N–H and O–H groups in total. The summed E-state index contributed by atoms with van der Waals surface area (Å²) in [6.07, 6.45) is 0. The van der Waals surface area contributed by atoms with E-state index >= 15 is 0 Å². The minimum absolute atomic E-state index is 0.257. The summed E-state index contributed by atoms with van der Waals surface area (Å²) in [5.74, 6) is 0.318. The molecule has 0 saturated carbocycles. The van der Waals surface area contributed by atoms with Gasteiger partial charge in [-0.05, 0) is 42.3 Å². The Bertz CT molecular complexity index is 945. The summed E-state index contributed by atoms with van der Waals surface area (Å²) in [6, 6.07) is 13.6. The predicted octanol–water partition coefficient (Wildman–Crippen LogP) is 1.79. The van der Waals surface area contributed by atoms with E-state index in [1.165, 1.54) is 7.11 Å². The number of hydrogen-bond acceptors (Lipinski definition) is 5. The molecule has 29 heavy (non-hydrogen) atoms. The number of methoxy groups -OCH3 is 2. The van der Waals surface area contributed by atoms with E-state index < -0.39 is 23.4 Å². The molecule has 0 radical (unpaired) electrons. The second-order valence-electron chi connectivity index (χ2n) is 6.81. The number of rotatable bonds is 7. The number of imide groups is 1. The van der Waals surface area contributed by atoms with Gasteiger partial charge in [0.15, 0.2) is 0 Å². The smallest absolute Gasteiger partial charge is 0.325 e. The van der Waals surface area contributed by atoms with Crippen molar-refractivity contribution >= 4 is 17.8 Å². The van der Waals surface area contributed by atoms with Crippen molar-refractivity contribution in [1.82, 2.24) is 15.5 Å². The van der Waals surface area contributed by atoms with Crippen molar-refractivity contribution in [3.05, 3.63) is 59.7 Å². The molecular formula is C21H23N3O5. The average molecular weight is 397 g/mol. The summed E-state index contributed by atoms with van der Waals surface area (Å²) in [5, 5.41) is 5.39. The van der Waals surface area contributed by atoms with Crippen LogP contribution in [0.15, 0.2) is 48.5 Å². The third-order valence-corrected chi connectivity index (χ3v) is 4.85. The maximum atomic E-state index is 12.9. The van der Waals surface area contributed by atoms with Crippen molar-refractivity contribution < 1.29 is 23.9 Å². The molecule has 1 heterocycles. The van der Waals surface area contributed by atoms with Crippen molar-refractivity contribution in [3.63, 3.8) is 0 Å². The first-order valence-electron chi connectivity index (χ1n) is 9.05. The molecule has 0 unspecified atom stereocenters. The highest BCUT2D eigenvalue weighted by Gasteiger charge is 2.49. The fourth-order valence-corrected chi connectivity index (χ4v) is 3.15. The maximum Gasteiger partial charge on any atom is 0.325 e. The van der Waals surface area contributed by atoms with Crippen LogP contribution in [-0.4, -0.2) is 43.5 Å². The Balaban J connectivity index is 1.67. The van der Waals surface area contributed by atoms with Crippen LogP contribution < -0.4 is 20.1 Å². The van der Waals surface area contributed by atoms with Crippen LogP contribution in [0.3, 0.4) is 0 Å². The first-order chi connectivity index (χ1) is 13.9. The van der Waals surface area contributed by atoms with Crippen LogP contribution in [0, 0.1) is 0 Å². The van der Waals surface area contributed by atoms with Gasteiger partial charge in [0.25, 0.3) is 5.91 Å². The molecule has 1 fully saturated rings. The van der Waals surface area contributed by atoms with Gasteiger partial charge in [-0.3, -0.25) is 14.5 Å². The number of ether oxygens (including phenoxy) is 2. The highest BCUT2D eigenvalue weighted by molar-refractivity contribution is 6.09. The lowest BCUT2D eigenvalue weighted by molar-refractivity contribution is -0.134. The van der Waals surface area contributed by atoms with E-state index in [1.807, 2.05) is 12.1 Å². The molecule has 2 aromatic rings. The summed E-state index contributed by atoms with van der Waals surface area (Å²) in [5.41, 5.74) is 0.157. The van der Waals surface area contributed by atoms with Gasteiger partial charge in [0, 0.05) is 6.54 Å². The zero-order chi connectivity index (χ0) is 21.0. The number of nitrogens with one attached hydrogen (secondary N) is 2. The van der Waals surface area contributed by atoms with Crippen LogP contribution >= 0.6 is 0 Å². The molecule has 152 valence electrons. The molecule has 8 heteroatoms. The topological polar surface area (TPSA) is 97.0 Å². The second kappa shape index (κ2) is 8.22. The van der Waals surface area contributed by atoms with Gasteiger partial charge in [-0.2, -0.15) is 0 Å². The highest BCUT2D eigenvalue weighted by atomic mass is 16.5. The third kappa shape index (κ3) is 4.16. The number of carbonyl (C=O) groups is 3. The average Bonchev–Trinajstić information content (AvgIpc) is 2.96. The van der Waals surface area contributed by atoms with Gasteiger partial charge in [-0.15, -0.1) is 0 Å². The van der Waals surface area contributed by atoms with E-state index in [0.717, 1.165) is 10.5 Å². The SMILES string of the molecule is COc1cccc(CNC(=O)CN2C(=O)N[C@](C)(c3cccc(OC)c3)C2=O)c1. The second-order valence-corrected chi connectivity index (χ2v) is 6.81. The van der Waals surface area contributed by atoms with Crippen LogP contribution in [0.5, 0.6) is 11.5 Å². The van der Waals surface area contributed by atoms with Crippen LogP contribution in [-0.2, 0) is 21.7 Å². The lowest BCUT2D eigenvalue weighted by Crippen LogP contribution is -2.43. The van der Waals surface area contributed by atoms with E-state index in [1.54, 1.807) is 50.4 Å². The van der Waals surface area contributed by atoms with Gasteiger partial charge in [-0.1, -0.05) is 24.3 Å². The van der Waals surface area contributed by atoms with E-state index in [4.69, 9.17) is 9.47 Å². The van der Waals surface area contributed by atoms with Gasteiger partial charge in [0.05, 0.1) is 14.2 Å². The molecule has 1 saturated heterocycles. The lowest BCUT2D eigenvalue weighted by Gasteiger charge is -2.22. The highest BCUT2D eigenvalue weighted by Crippen LogP contribution is 2.30. The molecule has 1 aliphatic rings. The fourth-order valence-electron chi connectivity index (χ4n) is 3.15. The van der Waals surface area contributed by atoms with Crippen molar-refractivity contribution in [2.75, 3.05) is 20.8 Å². The quantitative estimate of drug-likeness (QED) is 0.695. The first-order valence-corrected chi connectivity index (χ1v) is 9.05. The van der Waals surface area contributed by atoms with Crippen LogP contribution in [0.4, 0.5) is 4.79 Å². The monoisotopic (exact) mass is 397 g/mol. The van der Waals surface area contributed by atoms with Gasteiger partial charge >= 0.3 is 6.03 Å². The van der Waals surface area contributed by atoms with Gasteiger partial charge < -0.3 is 20.1 Å². The van der Waals surface area contributed by atoms with Crippen LogP contribution in [0.2, 0.25) is 0 Å². The maximum absolute atomic E-state index is 12.9. The molecule has 1 aliphatic heterocycles. The zero-order valence-corrected chi connectivity index (χ0v) is 16.5. The van der Waals surface area contributed by atoms with Crippen molar-refractivity contribution in [1.29, 1.82) is 0 Å². The van der Waals surface area contributed by atoms with Gasteiger partial charge in [0.2, 0.25) is 5.91 Å². The van der Waals surface area contributed by atoms with Crippen LogP contribution in [0.1, 0.15) is 18.1 Å². The number of carbonyl (C=O) groups excluding carboxylic acids is 3. The molecule has 0 spiro atoms. The van der Waals surface area contributed by atoms with E-state index in [0.29, 0.717) is 17.1 Å². The fraction of sp³-hybridized carbons (Fsp3) is 0.286. The molecule has 4 amide bonds.